The molecule has 10 heteroatoms. The van der Waals surface area contributed by atoms with Gasteiger partial charge in [-0.25, -0.2) is 4.90 Å². The van der Waals surface area contributed by atoms with E-state index in [2.05, 4.69) is 25.7 Å². The van der Waals surface area contributed by atoms with Gasteiger partial charge in [-0.1, -0.05) is 28.1 Å². The van der Waals surface area contributed by atoms with Gasteiger partial charge in [0.2, 0.25) is 0 Å². The molecule has 3 aromatic rings. The second-order valence-electron chi connectivity index (χ2n) is 10.4. The van der Waals surface area contributed by atoms with Gasteiger partial charge in [-0.2, -0.15) is 0 Å². The van der Waals surface area contributed by atoms with Crippen LogP contribution in [-0.2, 0) is 9.53 Å². The predicted octanol–water partition coefficient (Wildman–Crippen LogP) is 6.91. The molecule has 3 aromatic carbocycles. The summed E-state index contributed by atoms with van der Waals surface area (Å²) in [4.78, 5) is 32.4. The van der Waals surface area contributed by atoms with E-state index in [1.54, 1.807) is 25.3 Å². The molecule has 2 fully saturated rings. The fourth-order valence-corrected chi connectivity index (χ4v) is 5.99. The molecule has 2 aliphatic heterocycles. The van der Waals surface area contributed by atoms with Crippen LogP contribution in [0.4, 0.5) is 10.5 Å². The van der Waals surface area contributed by atoms with E-state index < -0.39 is 0 Å². The Morgan fingerprint density at radius 2 is 1.37 bits per heavy atom. The van der Waals surface area contributed by atoms with Crippen molar-refractivity contribution >= 4 is 50.6 Å². The molecule has 226 valence electrons. The number of halogens is 1. The summed E-state index contributed by atoms with van der Waals surface area (Å²) in [5, 5.41) is -0.320. The number of methoxy groups -OCH3 is 1. The van der Waals surface area contributed by atoms with Crippen molar-refractivity contribution in [2.75, 3.05) is 64.5 Å². The van der Waals surface area contributed by atoms with Gasteiger partial charge in [-0.05, 0) is 103 Å². The van der Waals surface area contributed by atoms with Gasteiger partial charge in [-0.3, -0.25) is 14.5 Å². The number of carbonyl (C=O) groups excluding carboxylic acids is 2. The Kier molecular flexibility index (Phi) is 11.3. The molecule has 0 bridgehead atoms. The normalized spacial score (nSPS) is 17.2. The first-order chi connectivity index (χ1) is 21.0. The maximum Gasteiger partial charge on any atom is 0.298 e. The summed E-state index contributed by atoms with van der Waals surface area (Å²) >= 11 is 4.35. The minimum absolute atomic E-state index is 0.320. The maximum absolute atomic E-state index is 13.1. The molecule has 43 heavy (non-hydrogen) atoms. The van der Waals surface area contributed by atoms with Gasteiger partial charge in [0.05, 0.1) is 23.8 Å². The van der Waals surface area contributed by atoms with E-state index >= 15 is 0 Å². The highest BCUT2D eigenvalue weighted by atomic mass is 79.9. The fraction of sp³-hybridized carbons (Fsp3) is 0.333. The molecule has 2 heterocycles. The number of nitrogens with zero attached hydrogens (tertiary/aromatic N) is 3. The van der Waals surface area contributed by atoms with Crippen molar-refractivity contribution in [1.29, 1.82) is 0 Å². The number of unbranched alkanes of at least 4 members (excludes halogenated alkanes) is 1. The molecule has 8 nitrogen and oxygen atoms in total. The number of anilines is 1. The number of thioether (sulfide) groups is 1. The third-order valence-corrected chi connectivity index (χ3v) is 8.73. The van der Waals surface area contributed by atoms with Crippen LogP contribution in [-0.4, -0.2) is 80.5 Å². The Labute approximate surface area is 265 Å². The average molecular weight is 667 g/mol. The molecule has 2 saturated heterocycles. The lowest BCUT2D eigenvalue weighted by Crippen LogP contribution is -2.47. The van der Waals surface area contributed by atoms with Gasteiger partial charge in [0.15, 0.2) is 0 Å². The van der Waals surface area contributed by atoms with Crippen molar-refractivity contribution in [3.8, 4) is 17.2 Å². The first-order valence-electron chi connectivity index (χ1n) is 14.5. The first-order valence-corrected chi connectivity index (χ1v) is 16.1. The van der Waals surface area contributed by atoms with Crippen molar-refractivity contribution in [1.82, 2.24) is 9.80 Å². The molecule has 0 N–H and O–H groups in total. The van der Waals surface area contributed by atoms with E-state index in [1.807, 2.05) is 60.7 Å². The SMILES string of the molecule is COCCN1CCN(CCCCOc2ccc(N3C(=O)S/C(=C\c4ccc(Oc5ccc(Br)cc5)cc4)C3=O)cc2)CC1. The Bertz CT molecular complexity index is 1390. The largest absolute Gasteiger partial charge is 0.494 e. The number of benzene rings is 3. The Hall–Kier alpha value is -3.15. The topological polar surface area (TPSA) is 71.6 Å². The van der Waals surface area contributed by atoms with Crippen LogP contribution in [0.25, 0.3) is 6.08 Å². The van der Waals surface area contributed by atoms with E-state index in [4.69, 9.17) is 14.2 Å². The number of hydrogen-bond acceptors (Lipinski definition) is 8. The van der Waals surface area contributed by atoms with Crippen LogP contribution in [0, 0.1) is 0 Å². The van der Waals surface area contributed by atoms with Gasteiger partial charge >= 0.3 is 0 Å². The van der Waals surface area contributed by atoms with E-state index in [1.165, 1.54) is 4.90 Å². The van der Waals surface area contributed by atoms with Gasteiger partial charge < -0.3 is 19.1 Å². The number of imide groups is 1. The first kappa shape index (κ1) is 31.3. The van der Waals surface area contributed by atoms with Crippen LogP contribution in [0.1, 0.15) is 18.4 Å². The molecule has 0 radical (unpaired) electrons. The summed E-state index contributed by atoms with van der Waals surface area (Å²) in [5.41, 5.74) is 1.34. The Morgan fingerprint density at radius 3 is 2.02 bits per heavy atom. The number of amides is 2. The molecular weight excluding hydrogens is 630 g/mol. The van der Waals surface area contributed by atoms with Gasteiger partial charge in [0.1, 0.15) is 17.2 Å². The molecule has 0 atom stereocenters. The van der Waals surface area contributed by atoms with Crippen molar-refractivity contribution < 1.29 is 23.8 Å². The summed E-state index contributed by atoms with van der Waals surface area (Å²) in [7, 11) is 1.75. The lowest BCUT2D eigenvalue weighted by atomic mass is 10.2. The molecule has 0 unspecified atom stereocenters. The summed E-state index contributed by atoms with van der Waals surface area (Å²) in [5.74, 6) is 1.80. The molecule has 2 amide bonds. The molecule has 0 saturated carbocycles. The maximum atomic E-state index is 13.1. The second kappa shape index (κ2) is 15.5. The van der Waals surface area contributed by atoms with E-state index in [0.29, 0.717) is 22.9 Å². The molecule has 0 aliphatic carbocycles. The quantitative estimate of drug-likeness (QED) is 0.144. The number of hydrogen-bond donors (Lipinski definition) is 0. The van der Waals surface area contributed by atoms with E-state index in [9.17, 15) is 9.59 Å². The second-order valence-corrected chi connectivity index (χ2v) is 12.3. The molecular formula is C33H36BrN3O5S. The third kappa shape index (κ3) is 8.93. The van der Waals surface area contributed by atoms with Crippen molar-refractivity contribution in [2.24, 2.45) is 0 Å². The minimum Gasteiger partial charge on any atom is -0.494 e. The van der Waals surface area contributed by atoms with Crippen molar-refractivity contribution in [3.05, 3.63) is 87.7 Å². The van der Waals surface area contributed by atoms with Gasteiger partial charge in [0.25, 0.3) is 11.1 Å². The van der Waals surface area contributed by atoms with Crippen LogP contribution in [0.2, 0.25) is 0 Å². The summed E-state index contributed by atoms with van der Waals surface area (Å²) < 4.78 is 17.9. The third-order valence-electron chi connectivity index (χ3n) is 7.33. The van der Waals surface area contributed by atoms with E-state index in [0.717, 1.165) is 92.0 Å². The zero-order valence-corrected chi connectivity index (χ0v) is 26.6. The summed E-state index contributed by atoms with van der Waals surface area (Å²) in [6.07, 6.45) is 3.78. The molecule has 0 aromatic heterocycles. The monoisotopic (exact) mass is 665 g/mol. The van der Waals surface area contributed by atoms with Gasteiger partial charge in [0, 0.05) is 44.3 Å². The molecule has 0 spiro atoms. The lowest BCUT2D eigenvalue weighted by Gasteiger charge is -2.34. The number of carbonyl (C=O) groups is 2. The van der Waals surface area contributed by atoms with Crippen molar-refractivity contribution in [2.45, 2.75) is 12.8 Å². The standard InChI is InChI=1S/C33H36BrN3O5S/c1-40-23-21-36-19-17-35(18-20-36)16-2-3-22-41-28-14-8-27(9-15-28)37-32(38)31(43-33(37)39)24-25-4-10-29(11-5-25)42-30-12-6-26(34)7-13-30/h4-15,24H,2-3,16-23H2,1H3/b31-24-. The van der Waals surface area contributed by atoms with Crippen LogP contribution < -0.4 is 14.4 Å². The van der Waals surface area contributed by atoms with Crippen LogP contribution in [0.15, 0.2) is 82.2 Å². The Morgan fingerprint density at radius 1 is 0.767 bits per heavy atom. The number of ether oxygens (including phenoxy) is 3. The van der Waals surface area contributed by atoms with Gasteiger partial charge in [-0.15, -0.1) is 0 Å². The number of piperazine rings is 1. The summed E-state index contributed by atoms with van der Waals surface area (Å²) in [6.45, 7) is 7.91. The molecule has 2 aliphatic rings. The zero-order valence-electron chi connectivity index (χ0n) is 24.2. The van der Waals surface area contributed by atoms with Crippen LogP contribution >= 0.6 is 27.7 Å². The van der Waals surface area contributed by atoms with Crippen molar-refractivity contribution in [3.63, 3.8) is 0 Å². The zero-order chi connectivity index (χ0) is 30.0. The van der Waals surface area contributed by atoms with Crippen LogP contribution in [0.3, 0.4) is 0 Å². The number of rotatable bonds is 13. The van der Waals surface area contributed by atoms with E-state index in [-0.39, 0.29) is 11.1 Å². The highest BCUT2D eigenvalue weighted by Crippen LogP contribution is 2.36. The minimum atomic E-state index is -0.335. The highest BCUT2D eigenvalue weighted by Gasteiger charge is 2.36. The highest BCUT2D eigenvalue weighted by molar-refractivity contribution is 9.10. The predicted molar refractivity (Wildman–Crippen MR) is 175 cm³/mol. The smallest absolute Gasteiger partial charge is 0.298 e. The summed E-state index contributed by atoms with van der Waals surface area (Å²) in [6, 6.07) is 22.1. The lowest BCUT2D eigenvalue weighted by molar-refractivity contribution is -0.113. The average Bonchev–Trinajstić information content (AvgIpc) is 3.30. The Balaban J connectivity index is 1.06. The fourth-order valence-electron chi connectivity index (χ4n) is 4.89. The molecule has 5 rings (SSSR count). The van der Waals surface area contributed by atoms with Crippen LogP contribution in [0.5, 0.6) is 17.2 Å².